The monoisotopic (exact) mass is 314 g/mol. The second-order valence-electron chi connectivity index (χ2n) is 5.72. The van der Waals surface area contributed by atoms with Crippen LogP contribution in [0.3, 0.4) is 0 Å². The van der Waals surface area contributed by atoms with Gasteiger partial charge in [-0.05, 0) is 56.7 Å². The van der Waals surface area contributed by atoms with Crippen molar-refractivity contribution < 1.29 is 14.4 Å². The van der Waals surface area contributed by atoms with Gasteiger partial charge < -0.3 is 11.1 Å². The molecule has 1 fully saturated rings. The second kappa shape index (κ2) is 8.29. The van der Waals surface area contributed by atoms with Crippen LogP contribution in [0.4, 0.5) is 0 Å². The zero-order chi connectivity index (χ0) is 14.5. The zero-order valence-electron chi connectivity index (χ0n) is 12.0. The summed E-state index contributed by atoms with van der Waals surface area (Å²) in [6.07, 6.45) is 6.84. The topological polar surface area (TPSA) is 89.3 Å². The van der Waals surface area contributed by atoms with Crippen molar-refractivity contribution in [1.82, 2.24) is 5.32 Å². The molecule has 0 atom stereocenters. The van der Waals surface area contributed by atoms with Gasteiger partial charge in [-0.25, -0.2) is 0 Å². The first-order chi connectivity index (χ1) is 9.61. The first kappa shape index (κ1) is 17.9. The molecule has 0 aromatic rings. The Hall–Kier alpha value is -1.20. The molecule has 21 heavy (non-hydrogen) atoms. The van der Waals surface area contributed by atoms with Gasteiger partial charge in [0.1, 0.15) is 0 Å². The van der Waals surface area contributed by atoms with Crippen LogP contribution in [0.25, 0.3) is 0 Å². The van der Waals surface area contributed by atoms with E-state index in [1.165, 1.54) is 12.2 Å². The molecule has 0 heterocycles. The maximum atomic E-state index is 12.0. The number of carbonyl (C=O) groups excluding carboxylic acids is 3. The van der Waals surface area contributed by atoms with Crippen molar-refractivity contribution in [2.24, 2.45) is 23.5 Å². The third-order valence-corrected chi connectivity index (χ3v) is 4.38. The van der Waals surface area contributed by atoms with E-state index in [0.29, 0.717) is 25.4 Å². The van der Waals surface area contributed by atoms with Crippen molar-refractivity contribution in [2.75, 3.05) is 13.1 Å². The van der Waals surface area contributed by atoms with Crippen molar-refractivity contribution in [2.45, 2.75) is 32.1 Å². The Morgan fingerprint density at radius 3 is 2.24 bits per heavy atom. The minimum atomic E-state index is -0.580. The fraction of sp³-hybridized carbons (Fsp3) is 0.667. The second-order valence-corrected chi connectivity index (χ2v) is 5.72. The van der Waals surface area contributed by atoms with Gasteiger partial charge in [-0.15, -0.1) is 12.4 Å². The highest BCUT2D eigenvalue weighted by molar-refractivity contribution is 6.18. The molecule has 2 rings (SSSR count). The number of carbonyl (C=O) groups is 3. The number of halogens is 1. The van der Waals surface area contributed by atoms with Gasteiger partial charge in [-0.1, -0.05) is 0 Å². The molecular formula is C15H23ClN2O3. The van der Waals surface area contributed by atoms with Crippen LogP contribution >= 0.6 is 12.4 Å². The fourth-order valence-corrected chi connectivity index (χ4v) is 2.97. The van der Waals surface area contributed by atoms with Crippen molar-refractivity contribution in [1.29, 1.82) is 0 Å². The molecule has 0 saturated heterocycles. The Bertz CT molecular complexity index is 411. The summed E-state index contributed by atoms with van der Waals surface area (Å²) in [6.45, 7) is 1.09. The van der Waals surface area contributed by atoms with Gasteiger partial charge in [0.2, 0.25) is 5.91 Å². The SMILES string of the molecule is Cl.NC[C@H]1CC[C@H](C(=O)NCCC2C(=O)C=CC2=O)CC1. The first-order valence-corrected chi connectivity index (χ1v) is 7.35. The minimum Gasteiger partial charge on any atom is -0.356 e. The highest BCUT2D eigenvalue weighted by Gasteiger charge is 2.29. The van der Waals surface area contributed by atoms with Gasteiger partial charge in [0.25, 0.3) is 0 Å². The third kappa shape index (κ3) is 4.64. The molecule has 0 aromatic heterocycles. The average molecular weight is 315 g/mol. The van der Waals surface area contributed by atoms with E-state index in [0.717, 1.165) is 25.7 Å². The van der Waals surface area contributed by atoms with Gasteiger partial charge in [-0.3, -0.25) is 14.4 Å². The van der Waals surface area contributed by atoms with Gasteiger partial charge in [0.05, 0.1) is 5.92 Å². The summed E-state index contributed by atoms with van der Waals surface area (Å²) in [4.78, 5) is 34.8. The molecule has 5 nitrogen and oxygen atoms in total. The number of ketones is 2. The van der Waals surface area contributed by atoms with Gasteiger partial charge in [-0.2, -0.15) is 0 Å². The molecule has 0 unspecified atom stereocenters. The Morgan fingerprint density at radius 2 is 1.71 bits per heavy atom. The molecular weight excluding hydrogens is 292 g/mol. The van der Waals surface area contributed by atoms with E-state index in [9.17, 15) is 14.4 Å². The maximum absolute atomic E-state index is 12.0. The smallest absolute Gasteiger partial charge is 0.223 e. The maximum Gasteiger partial charge on any atom is 0.223 e. The summed E-state index contributed by atoms with van der Waals surface area (Å²) in [5.41, 5.74) is 5.63. The van der Waals surface area contributed by atoms with Crippen LogP contribution in [0, 0.1) is 17.8 Å². The van der Waals surface area contributed by atoms with Crippen LogP contribution in [0.15, 0.2) is 12.2 Å². The van der Waals surface area contributed by atoms with Crippen LogP contribution in [-0.2, 0) is 14.4 Å². The summed E-state index contributed by atoms with van der Waals surface area (Å²) in [7, 11) is 0. The Labute approximate surface area is 131 Å². The summed E-state index contributed by atoms with van der Waals surface area (Å²) >= 11 is 0. The lowest BCUT2D eigenvalue weighted by atomic mass is 9.81. The minimum absolute atomic E-state index is 0. The van der Waals surface area contributed by atoms with Crippen molar-refractivity contribution in [3.05, 3.63) is 12.2 Å². The Kier molecular flexibility index (Phi) is 7.05. The average Bonchev–Trinajstić information content (AvgIpc) is 2.79. The first-order valence-electron chi connectivity index (χ1n) is 7.35. The summed E-state index contributed by atoms with van der Waals surface area (Å²) < 4.78 is 0. The molecule has 1 saturated carbocycles. The van der Waals surface area contributed by atoms with Gasteiger partial charge in [0.15, 0.2) is 11.6 Å². The molecule has 0 bridgehead atoms. The van der Waals surface area contributed by atoms with Crippen molar-refractivity contribution in [3.63, 3.8) is 0 Å². The summed E-state index contributed by atoms with van der Waals surface area (Å²) in [6, 6.07) is 0. The van der Waals surface area contributed by atoms with E-state index in [2.05, 4.69) is 5.32 Å². The number of amides is 1. The standard InChI is InChI=1S/C15H22N2O3.ClH/c16-9-10-1-3-11(4-2-10)15(20)17-8-7-12-13(18)5-6-14(12)19;/h5-6,10-12H,1-4,7-9,16H2,(H,17,20);1H/t10-,11-;. The van der Waals surface area contributed by atoms with Crippen molar-refractivity contribution >= 4 is 29.9 Å². The summed E-state index contributed by atoms with van der Waals surface area (Å²) in [5.74, 6) is -0.209. The van der Waals surface area contributed by atoms with Gasteiger partial charge in [0, 0.05) is 12.5 Å². The van der Waals surface area contributed by atoms with E-state index in [-0.39, 0.29) is 35.8 Å². The van der Waals surface area contributed by atoms with Gasteiger partial charge >= 0.3 is 0 Å². The molecule has 0 spiro atoms. The van der Waals surface area contributed by atoms with E-state index in [1.807, 2.05) is 0 Å². The molecule has 3 N–H and O–H groups in total. The van der Waals surface area contributed by atoms with E-state index < -0.39 is 5.92 Å². The molecule has 118 valence electrons. The molecule has 0 aromatic carbocycles. The largest absolute Gasteiger partial charge is 0.356 e. The fourth-order valence-electron chi connectivity index (χ4n) is 2.97. The molecule has 1 amide bonds. The van der Waals surface area contributed by atoms with E-state index >= 15 is 0 Å². The lowest BCUT2D eigenvalue weighted by Gasteiger charge is -2.26. The normalized spacial score (nSPS) is 25.8. The number of hydrogen-bond acceptors (Lipinski definition) is 4. The lowest BCUT2D eigenvalue weighted by molar-refractivity contribution is -0.128. The third-order valence-electron chi connectivity index (χ3n) is 4.38. The molecule has 0 radical (unpaired) electrons. The van der Waals surface area contributed by atoms with E-state index in [1.54, 1.807) is 0 Å². The lowest BCUT2D eigenvalue weighted by Crippen LogP contribution is -2.36. The Morgan fingerprint density at radius 1 is 1.14 bits per heavy atom. The van der Waals surface area contributed by atoms with Crippen LogP contribution in [0.1, 0.15) is 32.1 Å². The predicted octanol–water partition coefficient (Wildman–Crippen LogP) is 1.00. The van der Waals surface area contributed by atoms with Crippen molar-refractivity contribution in [3.8, 4) is 0 Å². The van der Waals surface area contributed by atoms with Crippen LogP contribution in [0.2, 0.25) is 0 Å². The number of allylic oxidation sites excluding steroid dienone is 2. The zero-order valence-corrected chi connectivity index (χ0v) is 12.9. The highest BCUT2D eigenvalue weighted by atomic mass is 35.5. The van der Waals surface area contributed by atoms with Crippen LogP contribution in [-0.4, -0.2) is 30.6 Å². The quantitative estimate of drug-likeness (QED) is 0.741. The Balaban J connectivity index is 0.00000220. The number of nitrogens with one attached hydrogen (secondary N) is 1. The number of rotatable bonds is 5. The summed E-state index contributed by atoms with van der Waals surface area (Å²) in [5, 5.41) is 2.85. The molecule has 6 heteroatoms. The number of nitrogens with two attached hydrogens (primary N) is 1. The molecule has 0 aliphatic heterocycles. The molecule has 2 aliphatic rings. The van der Waals surface area contributed by atoms with Crippen LogP contribution in [0.5, 0.6) is 0 Å². The molecule has 2 aliphatic carbocycles. The van der Waals surface area contributed by atoms with Crippen LogP contribution < -0.4 is 11.1 Å². The number of hydrogen-bond donors (Lipinski definition) is 2. The van der Waals surface area contributed by atoms with E-state index in [4.69, 9.17) is 5.73 Å². The highest BCUT2D eigenvalue weighted by Crippen LogP contribution is 2.28. The predicted molar refractivity (Wildman–Crippen MR) is 82.0 cm³/mol.